The minimum Gasteiger partial charge on any atom is -0.419 e. The van der Waals surface area contributed by atoms with E-state index < -0.39 is 4.92 Å². The van der Waals surface area contributed by atoms with Gasteiger partial charge in [-0.15, -0.1) is 10.2 Å². The highest BCUT2D eigenvalue weighted by Gasteiger charge is 2.14. The molecule has 0 aliphatic heterocycles. The van der Waals surface area contributed by atoms with Crippen LogP contribution in [0.1, 0.15) is 25.3 Å². The van der Waals surface area contributed by atoms with E-state index in [0.29, 0.717) is 35.5 Å². The lowest BCUT2D eigenvalue weighted by atomic mass is 10.1. The topological polar surface area (TPSA) is 94.1 Å². The second-order valence-corrected chi connectivity index (χ2v) is 4.79. The standard InChI is InChI=1S/C13H16N4O3/c1-8(2)14-7-12-15-16-13(20-12)10-4-5-11(17(18)19)9(3)6-10/h4-6,8,14H,7H2,1-3H3. The van der Waals surface area contributed by atoms with Gasteiger partial charge in [0.05, 0.1) is 11.5 Å². The van der Waals surface area contributed by atoms with Gasteiger partial charge in [-0.3, -0.25) is 10.1 Å². The monoisotopic (exact) mass is 276 g/mol. The van der Waals surface area contributed by atoms with E-state index in [-0.39, 0.29) is 5.69 Å². The van der Waals surface area contributed by atoms with Gasteiger partial charge < -0.3 is 9.73 Å². The molecule has 0 unspecified atom stereocenters. The lowest BCUT2D eigenvalue weighted by Crippen LogP contribution is -2.21. The third kappa shape index (κ3) is 3.18. The third-order valence-electron chi connectivity index (χ3n) is 2.77. The van der Waals surface area contributed by atoms with Gasteiger partial charge in [0, 0.05) is 23.2 Å². The summed E-state index contributed by atoms with van der Waals surface area (Å²) >= 11 is 0. The van der Waals surface area contributed by atoms with E-state index in [0.717, 1.165) is 0 Å². The summed E-state index contributed by atoms with van der Waals surface area (Å²) in [5.74, 6) is 0.855. The van der Waals surface area contributed by atoms with Crippen LogP contribution in [0.2, 0.25) is 0 Å². The van der Waals surface area contributed by atoms with Crippen molar-refractivity contribution in [1.29, 1.82) is 0 Å². The molecule has 0 saturated heterocycles. The van der Waals surface area contributed by atoms with Crippen LogP contribution in [0.5, 0.6) is 0 Å². The van der Waals surface area contributed by atoms with E-state index in [1.165, 1.54) is 6.07 Å². The molecule has 1 N–H and O–H groups in total. The maximum Gasteiger partial charge on any atom is 0.272 e. The van der Waals surface area contributed by atoms with E-state index in [1.54, 1.807) is 19.1 Å². The van der Waals surface area contributed by atoms with Crippen LogP contribution in [-0.4, -0.2) is 21.2 Å². The Labute approximate surface area is 116 Å². The number of aryl methyl sites for hydroxylation is 1. The van der Waals surface area contributed by atoms with Crippen molar-refractivity contribution in [1.82, 2.24) is 15.5 Å². The molecule has 7 nitrogen and oxygen atoms in total. The third-order valence-corrected chi connectivity index (χ3v) is 2.77. The lowest BCUT2D eigenvalue weighted by Gasteiger charge is -2.03. The summed E-state index contributed by atoms with van der Waals surface area (Å²) in [6, 6.07) is 5.05. The first-order valence-electron chi connectivity index (χ1n) is 6.28. The maximum absolute atomic E-state index is 10.8. The fourth-order valence-electron chi connectivity index (χ4n) is 1.73. The van der Waals surface area contributed by atoms with Crippen LogP contribution in [0, 0.1) is 17.0 Å². The van der Waals surface area contributed by atoms with Gasteiger partial charge in [-0.05, 0) is 19.1 Å². The van der Waals surface area contributed by atoms with Crippen LogP contribution in [-0.2, 0) is 6.54 Å². The molecule has 0 fully saturated rings. The van der Waals surface area contributed by atoms with Gasteiger partial charge in [-0.2, -0.15) is 0 Å². The number of nitrogens with one attached hydrogen (secondary N) is 1. The maximum atomic E-state index is 10.8. The smallest absolute Gasteiger partial charge is 0.272 e. The molecule has 0 aliphatic rings. The van der Waals surface area contributed by atoms with E-state index in [4.69, 9.17) is 4.42 Å². The second-order valence-electron chi connectivity index (χ2n) is 4.79. The predicted octanol–water partition coefficient (Wildman–Crippen LogP) is 2.45. The van der Waals surface area contributed by atoms with Gasteiger partial charge in [0.15, 0.2) is 0 Å². The summed E-state index contributed by atoms with van der Waals surface area (Å²) < 4.78 is 5.52. The number of benzene rings is 1. The summed E-state index contributed by atoms with van der Waals surface area (Å²) in [4.78, 5) is 10.4. The van der Waals surface area contributed by atoms with Crippen LogP contribution >= 0.6 is 0 Å². The highest BCUT2D eigenvalue weighted by Crippen LogP contribution is 2.25. The van der Waals surface area contributed by atoms with Gasteiger partial charge >= 0.3 is 0 Å². The molecule has 1 aromatic carbocycles. The molecule has 0 aliphatic carbocycles. The van der Waals surface area contributed by atoms with Crippen molar-refractivity contribution in [2.75, 3.05) is 0 Å². The fraction of sp³-hybridized carbons (Fsp3) is 0.385. The predicted molar refractivity (Wildman–Crippen MR) is 73.1 cm³/mol. The molecule has 0 saturated carbocycles. The minimum absolute atomic E-state index is 0.0787. The van der Waals surface area contributed by atoms with E-state index in [2.05, 4.69) is 15.5 Å². The fourth-order valence-corrected chi connectivity index (χ4v) is 1.73. The zero-order valence-corrected chi connectivity index (χ0v) is 11.6. The quantitative estimate of drug-likeness (QED) is 0.665. The summed E-state index contributed by atoms with van der Waals surface area (Å²) in [5.41, 5.74) is 1.32. The Morgan fingerprint density at radius 1 is 1.40 bits per heavy atom. The Bertz CT molecular complexity index is 622. The molecule has 0 spiro atoms. The van der Waals surface area contributed by atoms with Crippen molar-refractivity contribution in [3.05, 3.63) is 39.8 Å². The normalized spacial score (nSPS) is 11.0. The number of nitro groups is 1. The molecule has 0 atom stereocenters. The SMILES string of the molecule is Cc1cc(-c2nnc(CNC(C)C)o2)ccc1[N+](=O)[O-]. The first-order chi connectivity index (χ1) is 9.47. The van der Waals surface area contributed by atoms with Crippen molar-refractivity contribution in [3.8, 4) is 11.5 Å². The summed E-state index contributed by atoms with van der Waals surface area (Å²) in [7, 11) is 0. The van der Waals surface area contributed by atoms with Gasteiger partial charge in [-0.1, -0.05) is 13.8 Å². The van der Waals surface area contributed by atoms with Gasteiger partial charge in [-0.25, -0.2) is 0 Å². The zero-order chi connectivity index (χ0) is 14.7. The summed E-state index contributed by atoms with van der Waals surface area (Å²) in [6.45, 7) is 6.23. The van der Waals surface area contributed by atoms with Gasteiger partial charge in [0.2, 0.25) is 11.8 Å². The highest BCUT2D eigenvalue weighted by atomic mass is 16.6. The van der Waals surface area contributed by atoms with Crippen LogP contribution in [0.4, 0.5) is 5.69 Å². The summed E-state index contributed by atoms with van der Waals surface area (Å²) in [5, 5.41) is 21.8. The molecule has 2 aromatic rings. The van der Waals surface area contributed by atoms with Crippen LogP contribution in [0.25, 0.3) is 11.5 Å². The van der Waals surface area contributed by atoms with Crippen LogP contribution < -0.4 is 5.32 Å². The molecular formula is C13H16N4O3. The Balaban J connectivity index is 2.20. The molecule has 20 heavy (non-hydrogen) atoms. The zero-order valence-electron chi connectivity index (χ0n) is 11.6. The van der Waals surface area contributed by atoms with Crippen molar-refractivity contribution < 1.29 is 9.34 Å². The molecule has 2 rings (SSSR count). The molecular weight excluding hydrogens is 260 g/mol. The van der Waals surface area contributed by atoms with Gasteiger partial charge in [0.25, 0.3) is 5.69 Å². The Kier molecular flexibility index (Phi) is 4.09. The molecule has 0 bridgehead atoms. The minimum atomic E-state index is -0.412. The van der Waals surface area contributed by atoms with E-state index >= 15 is 0 Å². The number of aromatic nitrogens is 2. The molecule has 1 aromatic heterocycles. The number of rotatable bonds is 5. The number of hydrogen-bond donors (Lipinski definition) is 1. The molecule has 0 radical (unpaired) electrons. The Morgan fingerprint density at radius 3 is 2.75 bits per heavy atom. The van der Waals surface area contributed by atoms with Crippen LogP contribution in [0.3, 0.4) is 0 Å². The largest absolute Gasteiger partial charge is 0.419 e. The lowest BCUT2D eigenvalue weighted by molar-refractivity contribution is -0.385. The van der Waals surface area contributed by atoms with Crippen molar-refractivity contribution in [2.45, 2.75) is 33.4 Å². The molecule has 0 amide bonds. The van der Waals surface area contributed by atoms with E-state index in [1.807, 2.05) is 13.8 Å². The van der Waals surface area contributed by atoms with Crippen molar-refractivity contribution in [3.63, 3.8) is 0 Å². The first kappa shape index (κ1) is 14.1. The average Bonchev–Trinajstić information content (AvgIpc) is 2.84. The van der Waals surface area contributed by atoms with Crippen molar-refractivity contribution in [2.24, 2.45) is 0 Å². The average molecular weight is 276 g/mol. The van der Waals surface area contributed by atoms with Crippen molar-refractivity contribution >= 4 is 5.69 Å². The van der Waals surface area contributed by atoms with Gasteiger partial charge in [0.1, 0.15) is 0 Å². The molecule has 7 heteroatoms. The first-order valence-corrected chi connectivity index (χ1v) is 6.28. The highest BCUT2D eigenvalue weighted by molar-refractivity contribution is 5.58. The van der Waals surface area contributed by atoms with Crippen LogP contribution in [0.15, 0.2) is 22.6 Å². The van der Waals surface area contributed by atoms with E-state index in [9.17, 15) is 10.1 Å². The Morgan fingerprint density at radius 2 is 2.15 bits per heavy atom. The second kappa shape index (κ2) is 5.79. The molecule has 1 heterocycles. The Hall–Kier alpha value is -2.28. The number of nitrogens with zero attached hydrogens (tertiary/aromatic N) is 3. The summed E-state index contributed by atoms with van der Waals surface area (Å²) in [6.07, 6.45) is 0. The number of nitro benzene ring substituents is 1. The molecule has 106 valence electrons. The number of hydrogen-bond acceptors (Lipinski definition) is 6.